The van der Waals surface area contributed by atoms with E-state index < -0.39 is 0 Å². The van der Waals surface area contributed by atoms with E-state index in [-0.39, 0.29) is 23.9 Å². The summed E-state index contributed by atoms with van der Waals surface area (Å²) in [4.78, 5) is 21.8. The molecule has 1 aromatic heterocycles. The van der Waals surface area contributed by atoms with E-state index in [4.69, 9.17) is 4.98 Å². The Hall–Kier alpha value is -4.06. The number of anilines is 1. The summed E-state index contributed by atoms with van der Waals surface area (Å²) in [6, 6.07) is 22.6. The van der Waals surface area contributed by atoms with Crippen molar-refractivity contribution >= 4 is 11.7 Å². The number of nitrogens with zero attached hydrogens (tertiary/aromatic N) is 2. The summed E-state index contributed by atoms with van der Waals surface area (Å²) in [6.45, 7) is 0. The molecule has 6 heteroatoms. The lowest BCUT2D eigenvalue weighted by Crippen LogP contribution is -2.17. The summed E-state index contributed by atoms with van der Waals surface area (Å²) in [5.41, 5.74) is 4.02. The molecule has 4 aromatic rings. The Morgan fingerprint density at radius 3 is 2.31 bits per heavy atom. The van der Waals surface area contributed by atoms with E-state index >= 15 is 0 Å². The molecule has 2 N–H and O–H groups in total. The summed E-state index contributed by atoms with van der Waals surface area (Å²) in [7, 11) is 0. The van der Waals surface area contributed by atoms with Gasteiger partial charge in [0.2, 0.25) is 5.91 Å². The van der Waals surface area contributed by atoms with E-state index in [0.29, 0.717) is 29.2 Å². The summed E-state index contributed by atoms with van der Waals surface area (Å²) < 4.78 is 13.1. The van der Waals surface area contributed by atoms with Gasteiger partial charge in [-0.25, -0.2) is 14.4 Å². The van der Waals surface area contributed by atoms with Crippen molar-refractivity contribution in [3.63, 3.8) is 0 Å². The first-order valence-electron chi connectivity index (χ1n) is 10.3. The molecule has 0 atom stereocenters. The number of nitrogens with one attached hydrogen (secondary N) is 1. The molecule has 1 amide bonds. The standard InChI is InChI=1S/C26H22FN3O2/c27-21-11-6-19(7-12-21)16-25(32)30-26-23(15-8-18-4-2-1-3-5-18)29-24(17-28-26)20-9-13-22(31)14-10-20/h1-7,9-14,17,31H,8,15-16H2,(H,28,30,32). The Balaban J connectivity index is 1.56. The van der Waals surface area contributed by atoms with Crippen LogP contribution in [0.25, 0.3) is 11.3 Å². The molecular weight excluding hydrogens is 405 g/mol. The largest absolute Gasteiger partial charge is 0.508 e. The number of aryl methyl sites for hydroxylation is 2. The van der Waals surface area contributed by atoms with Crippen LogP contribution in [0.3, 0.4) is 0 Å². The first-order chi connectivity index (χ1) is 15.6. The van der Waals surface area contributed by atoms with Crippen LogP contribution in [0.5, 0.6) is 5.75 Å². The van der Waals surface area contributed by atoms with Crippen LogP contribution < -0.4 is 5.32 Å². The highest BCUT2D eigenvalue weighted by molar-refractivity contribution is 5.92. The van der Waals surface area contributed by atoms with Crippen LogP contribution in [0, 0.1) is 5.82 Å². The molecule has 0 spiro atoms. The molecule has 4 rings (SSSR count). The molecular formula is C26H22FN3O2. The zero-order valence-corrected chi connectivity index (χ0v) is 17.3. The van der Waals surface area contributed by atoms with E-state index in [1.54, 1.807) is 42.6 Å². The number of aromatic nitrogens is 2. The van der Waals surface area contributed by atoms with Gasteiger partial charge in [-0.1, -0.05) is 42.5 Å². The van der Waals surface area contributed by atoms with Crippen molar-refractivity contribution in [2.24, 2.45) is 0 Å². The van der Waals surface area contributed by atoms with Gasteiger partial charge < -0.3 is 10.4 Å². The minimum atomic E-state index is -0.340. The van der Waals surface area contributed by atoms with Gasteiger partial charge in [-0.15, -0.1) is 0 Å². The summed E-state index contributed by atoms with van der Waals surface area (Å²) in [5, 5.41) is 12.4. The van der Waals surface area contributed by atoms with Gasteiger partial charge in [-0.2, -0.15) is 0 Å². The average molecular weight is 427 g/mol. The number of carbonyl (C=O) groups excluding carboxylic acids is 1. The van der Waals surface area contributed by atoms with E-state index in [9.17, 15) is 14.3 Å². The Kier molecular flexibility index (Phi) is 6.51. The van der Waals surface area contributed by atoms with Gasteiger partial charge in [0.25, 0.3) is 0 Å². The van der Waals surface area contributed by atoms with E-state index in [1.165, 1.54) is 12.1 Å². The number of phenolic OH excluding ortho intramolecular Hbond substituents is 1. The molecule has 0 bridgehead atoms. The number of halogens is 1. The maximum atomic E-state index is 13.1. The number of rotatable bonds is 7. The van der Waals surface area contributed by atoms with Crippen molar-refractivity contribution in [1.82, 2.24) is 9.97 Å². The number of hydrogen-bond acceptors (Lipinski definition) is 4. The summed E-state index contributed by atoms with van der Waals surface area (Å²) >= 11 is 0. The van der Waals surface area contributed by atoms with Crippen LogP contribution in [-0.2, 0) is 24.1 Å². The molecule has 0 unspecified atom stereocenters. The number of phenols is 1. The van der Waals surface area contributed by atoms with E-state index in [1.807, 2.05) is 30.3 Å². The Bertz CT molecular complexity index is 1190. The number of aromatic hydroxyl groups is 1. The summed E-state index contributed by atoms with van der Waals surface area (Å²) in [6.07, 6.45) is 3.05. The lowest BCUT2D eigenvalue weighted by molar-refractivity contribution is -0.115. The van der Waals surface area contributed by atoms with Gasteiger partial charge in [0.1, 0.15) is 11.6 Å². The molecule has 0 aliphatic rings. The van der Waals surface area contributed by atoms with E-state index in [2.05, 4.69) is 10.3 Å². The van der Waals surface area contributed by atoms with Crippen molar-refractivity contribution < 1.29 is 14.3 Å². The average Bonchev–Trinajstić information content (AvgIpc) is 2.81. The van der Waals surface area contributed by atoms with Crippen LogP contribution in [0.2, 0.25) is 0 Å². The van der Waals surface area contributed by atoms with Crippen LogP contribution in [0.15, 0.2) is 85.1 Å². The maximum Gasteiger partial charge on any atom is 0.229 e. The Morgan fingerprint density at radius 1 is 0.875 bits per heavy atom. The zero-order chi connectivity index (χ0) is 22.3. The van der Waals surface area contributed by atoms with Crippen LogP contribution >= 0.6 is 0 Å². The van der Waals surface area contributed by atoms with Crippen LogP contribution in [0.1, 0.15) is 16.8 Å². The first kappa shape index (κ1) is 21.2. The van der Waals surface area contributed by atoms with Gasteiger partial charge >= 0.3 is 0 Å². The fourth-order valence-electron chi connectivity index (χ4n) is 3.35. The lowest BCUT2D eigenvalue weighted by atomic mass is 10.1. The number of hydrogen-bond donors (Lipinski definition) is 2. The van der Waals surface area contributed by atoms with Gasteiger partial charge in [0.15, 0.2) is 5.82 Å². The third kappa shape index (κ3) is 5.55. The fraction of sp³-hybridized carbons (Fsp3) is 0.115. The summed E-state index contributed by atoms with van der Waals surface area (Å²) in [5.74, 6) is 0.00329. The first-order valence-corrected chi connectivity index (χ1v) is 10.3. The van der Waals surface area contributed by atoms with Crippen molar-refractivity contribution in [3.05, 3.63) is 108 Å². The predicted molar refractivity (Wildman–Crippen MR) is 122 cm³/mol. The van der Waals surface area contributed by atoms with Crippen molar-refractivity contribution in [2.75, 3.05) is 5.32 Å². The highest BCUT2D eigenvalue weighted by atomic mass is 19.1. The molecule has 1 heterocycles. The third-order valence-electron chi connectivity index (χ3n) is 5.04. The number of benzene rings is 3. The second-order valence-corrected chi connectivity index (χ2v) is 7.43. The third-order valence-corrected chi connectivity index (χ3v) is 5.04. The van der Waals surface area contributed by atoms with Crippen molar-refractivity contribution in [3.8, 4) is 17.0 Å². The fourth-order valence-corrected chi connectivity index (χ4v) is 3.35. The van der Waals surface area contributed by atoms with Crippen molar-refractivity contribution in [1.29, 1.82) is 0 Å². The smallest absolute Gasteiger partial charge is 0.229 e. The molecule has 0 saturated carbocycles. The molecule has 0 fully saturated rings. The predicted octanol–water partition coefficient (Wildman–Crippen LogP) is 4.95. The van der Waals surface area contributed by atoms with Gasteiger partial charge in [-0.3, -0.25) is 4.79 Å². The topological polar surface area (TPSA) is 75.1 Å². The van der Waals surface area contributed by atoms with Gasteiger partial charge in [0.05, 0.1) is 24.0 Å². The molecule has 0 aliphatic carbocycles. The molecule has 5 nitrogen and oxygen atoms in total. The van der Waals surface area contributed by atoms with Gasteiger partial charge in [-0.05, 0) is 60.4 Å². The number of carbonyl (C=O) groups is 1. The van der Waals surface area contributed by atoms with Crippen molar-refractivity contribution in [2.45, 2.75) is 19.3 Å². The maximum absolute atomic E-state index is 13.1. The molecule has 3 aromatic carbocycles. The second kappa shape index (κ2) is 9.83. The minimum absolute atomic E-state index is 0.111. The van der Waals surface area contributed by atoms with Crippen LogP contribution in [0.4, 0.5) is 10.2 Å². The highest BCUT2D eigenvalue weighted by Gasteiger charge is 2.13. The molecule has 0 radical (unpaired) electrons. The minimum Gasteiger partial charge on any atom is -0.508 e. The van der Waals surface area contributed by atoms with E-state index in [0.717, 1.165) is 17.5 Å². The SMILES string of the molecule is O=C(Cc1ccc(F)cc1)Nc1ncc(-c2ccc(O)cc2)nc1CCc1ccccc1. The van der Waals surface area contributed by atoms with Gasteiger partial charge in [0, 0.05) is 5.56 Å². The molecule has 0 aliphatic heterocycles. The highest BCUT2D eigenvalue weighted by Crippen LogP contribution is 2.23. The Morgan fingerprint density at radius 2 is 1.59 bits per heavy atom. The molecule has 32 heavy (non-hydrogen) atoms. The monoisotopic (exact) mass is 427 g/mol. The second-order valence-electron chi connectivity index (χ2n) is 7.43. The Labute approximate surface area is 185 Å². The molecule has 160 valence electrons. The van der Waals surface area contributed by atoms with Crippen LogP contribution in [-0.4, -0.2) is 21.0 Å². The number of amides is 1. The quantitative estimate of drug-likeness (QED) is 0.437. The molecule has 0 saturated heterocycles. The normalized spacial score (nSPS) is 10.7. The lowest BCUT2D eigenvalue weighted by Gasteiger charge is -2.12. The zero-order valence-electron chi connectivity index (χ0n) is 17.3.